The van der Waals surface area contributed by atoms with Gasteiger partial charge in [-0.2, -0.15) is 0 Å². The van der Waals surface area contributed by atoms with Crippen molar-refractivity contribution >= 4 is 59.3 Å². The highest BCUT2D eigenvalue weighted by Crippen LogP contribution is 2.54. The molecule has 45 heavy (non-hydrogen) atoms. The summed E-state index contributed by atoms with van der Waals surface area (Å²) in [6.07, 6.45) is 0. The minimum Gasteiger partial charge on any atom is -0.309 e. The monoisotopic (exact) mass is 593 g/mol. The van der Waals surface area contributed by atoms with Gasteiger partial charge in [0, 0.05) is 36.5 Å². The molecule has 1 aromatic heterocycles. The van der Waals surface area contributed by atoms with E-state index in [9.17, 15) is 0 Å². The van der Waals surface area contributed by atoms with Gasteiger partial charge < -0.3 is 4.90 Å². The number of fused-ring (bicyclic) bond motifs is 7. The Morgan fingerprint density at radius 3 is 1.93 bits per heavy atom. The molecule has 214 valence electrons. The van der Waals surface area contributed by atoms with Crippen LogP contribution in [0.1, 0.15) is 25.0 Å². The van der Waals surface area contributed by atoms with Crippen LogP contribution in [0.3, 0.4) is 0 Å². The van der Waals surface area contributed by atoms with Crippen molar-refractivity contribution in [2.45, 2.75) is 19.3 Å². The van der Waals surface area contributed by atoms with Gasteiger partial charge in [0.1, 0.15) is 0 Å². The van der Waals surface area contributed by atoms with E-state index in [-0.39, 0.29) is 5.41 Å². The average molecular weight is 594 g/mol. The van der Waals surface area contributed by atoms with E-state index in [1.165, 1.54) is 81.4 Å². The number of thiophene rings is 1. The van der Waals surface area contributed by atoms with Gasteiger partial charge in [-0.15, -0.1) is 11.3 Å². The van der Waals surface area contributed by atoms with Crippen molar-refractivity contribution in [3.8, 4) is 22.3 Å². The number of rotatable bonds is 4. The molecule has 0 unspecified atom stereocenters. The second-order valence-corrected chi connectivity index (χ2v) is 13.6. The summed E-state index contributed by atoms with van der Waals surface area (Å²) in [5.74, 6) is 0. The van der Waals surface area contributed by atoms with Crippen LogP contribution < -0.4 is 4.90 Å². The summed E-state index contributed by atoms with van der Waals surface area (Å²) in [6.45, 7) is 4.72. The van der Waals surface area contributed by atoms with E-state index >= 15 is 0 Å². The Labute approximate surface area is 267 Å². The van der Waals surface area contributed by atoms with Gasteiger partial charge in [-0.1, -0.05) is 135 Å². The van der Waals surface area contributed by atoms with Crippen LogP contribution in [0.5, 0.6) is 0 Å². The van der Waals surface area contributed by atoms with E-state index in [1.807, 2.05) is 11.3 Å². The van der Waals surface area contributed by atoms with Crippen molar-refractivity contribution in [2.24, 2.45) is 0 Å². The number of para-hydroxylation sites is 1. The maximum atomic E-state index is 2.52. The van der Waals surface area contributed by atoms with E-state index in [4.69, 9.17) is 0 Å². The molecule has 0 N–H and O–H groups in total. The molecule has 1 nitrogen and oxygen atoms in total. The quantitative estimate of drug-likeness (QED) is 0.196. The molecule has 0 fully saturated rings. The molecule has 1 aliphatic rings. The minimum atomic E-state index is -0.0621. The Balaban J connectivity index is 1.39. The first kappa shape index (κ1) is 26.2. The topological polar surface area (TPSA) is 3.24 Å². The number of hydrogen-bond acceptors (Lipinski definition) is 2. The molecule has 1 heterocycles. The van der Waals surface area contributed by atoms with Gasteiger partial charge in [0.05, 0.1) is 17.1 Å². The zero-order valence-corrected chi connectivity index (χ0v) is 26.1. The van der Waals surface area contributed by atoms with Gasteiger partial charge in [-0.05, 0) is 63.5 Å². The first-order valence-corrected chi connectivity index (χ1v) is 16.4. The van der Waals surface area contributed by atoms with Crippen molar-refractivity contribution in [3.63, 3.8) is 0 Å². The molecule has 0 saturated carbocycles. The predicted octanol–water partition coefficient (Wildman–Crippen LogP) is 12.7. The Bertz CT molecular complexity index is 2420. The summed E-state index contributed by atoms with van der Waals surface area (Å²) in [4.78, 5) is 2.52. The van der Waals surface area contributed by atoms with Gasteiger partial charge in [0.2, 0.25) is 0 Å². The maximum Gasteiger partial charge on any atom is 0.0555 e. The van der Waals surface area contributed by atoms with Crippen LogP contribution in [0.2, 0.25) is 0 Å². The summed E-state index contributed by atoms with van der Waals surface area (Å²) >= 11 is 1.87. The standard InChI is InChI=1S/C43H31NS/c1-43(2)34-21-8-5-18-32(34)41-31(20-12-22-35(41)43)30-17-6-9-23-37(30)44(36-24-11-15-28-14-3-4-16-29(28)36)38-25-13-27-40-42(38)33-19-7-10-26-39(33)45-40/h3-27H,1-2H3. The van der Waals surface area contributed by atoms with Crippen LogP contribution in [-0.4, -0.2) is 0 Å². The number of nitrogens with zero attached hydrogens (tertiary/aromatic N) is 1. The summed E-state index contributed by atoms with van der Waals surface area (Å²) in [6, 6.07) is 55.9. The fraction of sp³-hybridized carbons (Fsp3) is 0.0698. The van der Waals surface area contributed by atoms with Gasteiger partial charge >= 0.3 is 0 Å². The first-order chi connectivity index (χ1) is 22.1. The second kappa shape index (κ2) is 9.92. The third-order valence-corrected chi connectivity index (χ3v) is 10.8. The summed E-state index contributed by atoms with van der Waals surface area (Å²) in [7, 11) is 0. The maximum absolute atomic E-state index is 2.52. The van der Waals surface area contributed by atoms with Crippen molar-refractivity contribution in [1.29, 1.82) is 0 Å². The van der Waals surface area contributed by atoms with Gasteiger partial charge in [-0.25, -0.2) is 0 Å². The second-order valence-electron chi connectivity index (χ2n) is 12.5. The SMILES string of the molecule is CC1(C)c2ccccc2-c2c(-c3ccccc3N(c3cccc4ccccc34)c3cccc4sc5ccccc5c34)cccc21. The Kier molecular flexibility index (Phi) is 5.78. The molecule has 0 bridgehead atoms. The molecular weight excluding hydrogens is 563 g/mol. The van der Waals surface area contributed by atoms with Crippen LogP contribution in [0.25, 0.3) is 53.2 Å². The molecule has 0 atom stereocenters. The lowest BCUT2D eigenvalue weighted by Gasteiger charge is -2.30. The van der Waals surface area contributed by atoms with E-state index < -0.39 is 0 Å². The van der Waals surface area contributed by atoms with Gasteiger partial charge in [0.25, 0.3) is 0 Å². The molecule has 0 radical (unpaired) electrons. The zero-order chi connectivity index (χ0) is 30.1. The van der Waals surface area contributed by atoms with Gasteiger partial charge in [-0.3, -0.25) is 0 Å². The van der Waals surface area contributed by atoms with Crippen LogP contribution in [-0.2, 0) is 5.41 Å². The van der Waals surface area contributed by atoms with Crippen LogP contribution >= 0.6 is 11.3 Å². The molecule has 9 rings (SSSR count). The van der Waals surface area contributed by atoms with Crippen molar-refractivity contribution in [2.75, 3.05) is 4.90 Å². The summed E-state index contributed by atoms with van der Waals surface area (Å²) in [5.41, 5.74) is 11.5. The summed E-state index contributed by atoms with van der Waals surface area (Å²) in [5, 5.41) is 5.06. The lowest BCUT2D eigenvalue weighted by Crippen LogP contribution is -2.15. The van der Waals surface area contributed by atoms with Crippen LogP contribution in [0.4, 0.5) is 17.1 Å². The molecule has 2 heteroatoms. The molecule has 8 aromatic rings. The minimum absolute atomic E-state index is 0.0621. The Morgan fingerprint density at radius 1 is 0.444 bits per heavy atom. The third-order valence-electron chi connectivity index (χ3n) is 9.67. The van der Waals surface area contributed by atoms with Crippen LogP contribution in [0, 0.1) is 0 Å². The number of hydrogen-bond donors (Lipinski definition) is 0. The molecule has 0 saturated heterocycles. The molecule has 0 aliphatic heterocycles. The fourth-order valence-electron chi connectivity index (χ4n) is 7.61. The highest BCUT2D eigenvalue weighted by atomic mass is 32.1. The lowest BCUT2D eigenvalue weighted by atomic mass is 9.82. The molecule has 0 spiro atoms. The third kappa shape index (κ3) is 3.86. The number of benzene rings is 7. The van der Waals surface area contributed by atoms with Crippen LogP contribution in [0.15, 0.2) is 152 Å². The summed E-state index contributed by atoms with van der Waals surface area (Å²) < 4.78 is 2.61. The van der Waals surface area contributed by atoms with E-state index in [2.05, 4.69) is 170 Å². The fourth-order valence-corrected chi connectivity index (χ4v) is 8.74. The van der Waals surface area contributed by atoms with E-state index in [0.717, 1.165) is 0 Å². The highest BCUT2D eigenvalue weighted by Gasteiger charge is 2.37. The Morgan fingerprint density at radius 2 is 1.02 bits per heavy atom. The molecule has 1 aliphatic carbocycles. The largest absolute Gasteiger partial charge is 0.309 e. The van der Waals surface area contributed by atoms with E-state index in [1.54, 1.807) is 0 Å². The lowest BCUT2D eigenvalue weighted by molar-refractivity contribution is 0.660. The molecule has 0 amide bonds. The Hall–Kier alpha value is -5.18. The van der Waals surface area contributed by atoms with Crippen molar-refractivity contribution in [1.82, 2.24) is 0 Å². The van der Waals surface area contributed by atoms with Crippen molar-refractivity contribution < 1.29 is 0 Å². The smallest absolute Gasteiger partial charge is 0.0555 e. The predicted molar refractivity (Wildman–Crippen MR) is 195 cm³/mol. The highest BCUT2D eigenvalue weighted by molar-refractivity contribution is 7.26. The van der Waals surface area contributed by atoms with Crippen molar-refractivity contribution in [3.05, 3.63) is 163 Å². The molecular formula is C43H31NS. The normalized spacial score (nSPS) is 13.3. The zero-order valence-electron chi connectivity index (χ0n) is 25.3. The van der Waals surface area contributed by atoms with Gasteiger partial charge in [0.15, 0.2) is 0 Å². The first-order valence-electron chi connectivity index (χ1n) is 15.6. The average Bonchev–Trinajstić information content (AvgIpc) is 3.58. The van der Waals surface area contributed by atoms with E-state index in [0.29, 0.717) is 0 Å². The molecule has 7 aromatic carbocycles. The number of anilines is 3.